The van der Waals surface area contributed by atoms with Crippen LogP contribution in [0.25, 0.3) is 0 Å². The molecule has 226 valence electrons. The number of esters is 1. The number of rotatable bonds is 15. The van der Waals surface area contributed by atoms with E-state index in [0.29, 0.717) is 48.6 Å². The molecule has 1 aliphatic carbocycles. The minimum atomic E-state index is -0.697. The first-order valence-electron chi connectivity index (χ1n) is 15.0. The summed E-state index contributed by atoms with van der Waals surface area (Å²) >= 11 is 0. The number of anilines is 1. The molecule has 0 aromatic heterocycles. The summed E-state index contributed by atoms with van der Waals surface area (Å²) in [6.45, 7) is 1.04. The third-order valence-corrected chi connectivity index (χ3v) is 7.98. The second kappa shape index (κ2) is 14.5. The molecule has 0 radical (unpaired) electrons. The Labute approximate surface area is 258 Å². The van der Waals surface area contributed by atoms with E-state index in [1.165, 1.54) is 12.7 Å². The van der Waals surface area contributed by atoms with Crippen molar-refractivity contribution in [1.82, 2.24) is 5.32 Å². The summed E-state index contributed by atoms with van der Waals surface area (Å²) in [6.07, 6.45) is 3.71. The molecule has 0 spiro atoms. The summed E-state index contributed by atoms with van der Waals surface area (Å²) < 4.78 is 11.0. The first-order valence-corrected chi connectivity index (χ1v) is 15.0. The number of nitrogens with one attached hydrogen (secondary N) is 2. The van der Waals surface area contributed by atoms with Crippen LogP contribution >= 0.6 is 0 Å². The number of amides is 1. The number of hydrogen-bond donors (Lipinski definition) is 2. The van der Waals surface area contributed by atoms with Gasteiger partial charge in [-0.3, -0.25) is 9.59 Å². The number of carbonyl (C=O) groups excluding carboxylic acids is 3. The third kappa shape index (κ3) is 7.92. The molecule has 4 aromatic rings. The molecule has 1 saturated carbocycles. The SMILES string of the molecule is COC(=O)C(Cc1ccc(OCCCNC(=O)C2(Cc3ccccc3)CC2)cc1)Nc1ccccc1C(=O)c1ccccc1. The molecule has 1 unspecified atom stereocenters. The number of hydrogen-bond acceptors (Lipinski definition) is 6. The Kier molecular flexibility index (Phi) is 10.1. The third-order valence-electron chi connectivity index (χ3n) is 7.98. The first kappa shape index (κ1) is 30.5. The van der Waals surface area contributed by atoms with Crippen LogP contribution in [0.1, 0.15) is 46.3 Å². The lowest BCUT2D eigenvalue weighted by Gasteiger charge is -2.20. The second-order valence-electron chi connectivity index (χ2n) is 11.2. The molecule has 5 rings (SSSR count). The standard InChI is InChI=1S/C37H38N2O5/c1-43-35(41)33(39-32-16-9-8-15-31(32)34(40)29-13-6-3-7-14-29)25-27-17-19-30(20-18-27)44-24-10-23-38-36(42)37(21-22-37)26-28-11-4-2-5-12-28/h2-9,11-20,33,39H,10,21-26H2,1H3,(H,38,42). The number of ether oxygens (including phenoxy) is 2. The lowest BCUT2D eigenvalue weighted by atomic mass is 9.95. The molecular weight excluding hydrogens is 552 g/mol. The van der Waals surface area contributed by atoms with Crippen molar-refractivity contribution in [2.75, 3.05) is 25.6 Å². The van der Waals surface area contributed by atoms with Gasteiger partial charge in [-0.25, -0.2) is 4.79 Å². The van der Waals surface area contributed by atoms with Gasteiger partial charge in [-0.1, -0.05) is 84.9 Å². The lowest BCUT2D eigenvalue weighted by molar-refractivity contribution is -0.141. The second-order valence-corrected chi connectivity index (χ2v) is 11.2. The first-order chi connectivity index (χ1) is 21.5. The molecular formula is C37H38N2O5. The van der Waals surface area contributed by atoms with Gasteiger partial charge in [-0.2, -0.15) is 0 Å². The highest BCUT2D eigenvalue weighted by atomic mass is 16.5. The summed E-state index contributed by atoms with van der Waals surface area (Å²) in [5.74, 6) is 0.291. The normalized spacial score (nSPS) is 13.8. The minimum Gasteiger partial charge on any atom is -0.494 e. The Morgan fingerprint density at radius 1 is 0.795 bits per heavy atom. The van der Waals surface area contributed by atoms with Crippen LogP contribution in [0.15, 0.2) is 109 Å². The number of para-hydroxylation sites is 1. The van der Waals surface area contributed by atoms with Gasteiger partial charge < -0.3 is 20.1 Å². The predicted molar refractivity (Wildman–Crippen MR) is 171 cm³/mol. The van der Waals surface area contributed by atoms with Crippen LogP contribution in [0.4, 0.5) is 5.69 Å². The van der Waals surface area contributed by atoms with Crippen molar-refractivity contribution in [3.8, 4) is 5.75 Å². The summed E-state index contributed by atoms with van der Waals surface area (Å²) in [4.78, 5) is 38.7. The molecule has 1 fully saturated rings. The molecule has 1 atom stereocenters. The maximum absolute atomic E-state index is 13.2. The Morgan fingerprint density at radius 2 is 1.45 bits per heavy atom. The van der Waals surface area contributed by atoms with Crippen LogP contribution in [-0.2, 0) is 27.2 Å². The largest absolute Gasteiger partial charge is 0.494 e. The van der Waals surface area contributed by atoms with Gasteiger partial charge in [0.05, 0.1) is 19.1 Å². The van der Waals surface area contributed by atoms with Crippen molar-refractivity contribution in [2.45, 2.75) is 38.1 Å². The molecule has 4 aromatic carbocycles. The van der Waals surface area contributed by atoms with E-state index in [1.807, 2.05) is 66.7 Å². The van der Waals surface area contributed by atoms with Crippen LogP contribution in [0, 0.1) is 5.41 Å². The fourth-order valence-electron chi connectivity index (χ4n) is 5.31. The van der Waals surface area contributed by atoms with E-state index in [9.17, 15) is 14.4 Å². The maximum atomic E-state index is 13.2. The Hall–Kier alpha value is -4.91. The van der Waals surface area contributed by atoms with E-state index >= 15 is 0 Å². The minimum absolute atomic E-state index is 0.127. The number of ketones is 1. The van der Waals surface area contributed by atoms with E-state index in [0.717, 1.165) is 24.8 Å². The highest BCUT2D eigenvalue weighted by Crippen LogP contribution is 2.48. The summed E-state index contributed by atoms with van der Waals surface area (Å²) in [5.41, 5.74) is 3.47. The van der Waals surface area contributed by atoms with E-state index < -0.39 is 12.0 Å². The summed E-state index contributed by atoms with van der Waals surface area (Å²) in [5, 5.41) is 6.32. The fraction of sp³-hybridized carbons (Fsp3) is 0.270. The summed E-state index contributed by atoms with van der Waals surface area (Å²) in [6, 6.07) is 33.3. The maximum Gasteiger partial charge on any atom is 0.328 e. The average molecular weight is 591 g/mol. The van der Waals surface area contributed by atoms with E-state index in [-0.39, 0.29) is 17.1 Å². The molecule has 0 heterocycles. The zero-order valence-electron chi connectivity index (χ0n) is 25.0. The Morgan fingerprint density at radius 3 is 2.14 bits per heavy atom. The van der Waals surface area contributed by atoms with Crippen molar-refractivity contribution >= 4 is 23.3 Å². The van der Waals surface area contributed by atoms with E-state index in [2.05, 4.69) is 22.8 Å². The van der Waals surface area contributed by atoms with Crippen LogP contribution < -0.4 is 15.4 Å². The smallest absolute Gasteiger partial charge is 0.328 e. The Bertz CT molecular complexity index is 1550. The van der Waals surface area contributed by atoms with Crippen molar-refractivity contribution in [3.63, 3.8) is 0 Å². The zero-order chi connectivity index (χ0) is 30.8. The molecule has 7 nitrogen and oxygen atoms in total. The molecule has 0 bridgehead atoms. The summed E-state index contributed by atoms with van der Waals surface area (Å²) in [7, 11) is 1.35. The average Bonchev–Trinajstić information content (AvgIpc) is 3.86. The van der Waals surface area contributed by atoms with Gasteiger partial charge in [-0.05, 0) is 61.1 Å². The molecule has 0 aliphatic heterocycles. The van der Waals surface area contributed by atoms with Crippen LogP contribution in [0.5, 0.6) is 5.75 Å². The van der Waals surface area contributed by atoms with Crippen molar-refractivity contribution in [1.29, 1.82) is 0 Å². The predicted octanol–water partition coefficient (Wildman–Crippen LogP) is 6.02. The highest BCUT2D eigenvalue weighted by molar-refractivity contribution is 6.12. The van der Waals surface area contributed by atoms with Gasteiger partial charge in [0.25, 0.3) is 0 Å². The molecule has 44 heavy (non-hydrogen) atoms. The van der Waals surface area contributed by atoms with Gasteiger partial charge in [0, 0.05) is 29.8 Å². The zero-order valence-corrected chi connectivity index (χ0v) is 25.0. The van der Waals surface area contributed by atoms with E-state index in [1.54, 1.807) is 30.3 Å². The topological polar surface area (TPSA) is 93.7 Å². The van der Waals surface area contributed by atoms with Gasteiger partial charge in [0.1, 0.15) is 11.8 Å². The number of methoxy groups -OCH3 is 1. The monoisotopic (exact) mass is 590 g/mol. The van der Waals surface area contributed by atoms with Crippen molar-refractivity contribution < 1.29 is 23.9 Å². The Balaban J connectivity index is 1.11. The number of carbonyl (C=O) groups is 3. The molecule has 7 heteroatoms. The van der Waals surface area contributed by atoms with Crippen LogP contribution in [0.2, 0.25) is 0 Å². The molecule has 1 aliphatic rings. The van der Waals surface area contributed by atoms with Gasteiger partial charge in [-0.15, -0.1) is 0 Å². The van der Waals surface area contributed by atoms with Gasteiger partial charge in [0.15, 0.2) is 5.78 Å². The van der Waals surface area contributed by atoms with Gasteiger partial charge >= 0.3 is 5.97 Å². The molecule has 0 saturated heterocycles. The van der Waals surface area contributed by atoms with Crippen molar-refractivity contribution in [3.05, 3.63) is 131 Å². The van der Waals surface area contributed by atoms with Gasteiger partial charge in [0.2, 0.25) is 5.91 Å². The van der Waals surface area contributed by atoms with Crippen LogP contribution in [-0.4, -0.2) is 44.0 Å². The van der Waals surface area contributed by atoms with Crippen molar-refractivity contribution in [2.24, 2.45) is 5.41 Å². The quantitative estimate of drug-likeness (QED) is 0.0999. The lowest BCUT2D eigenvalue weighted by Crippen LogP contribution is -2.34. The molecule has 1 amide bonds. The highest BCUT2D eigenvalue weighted by Gasteiger charge is 2.49. The van der Waals surface area contributed by atoms with Crippen LogP contribution in [0.3, 0.4) is 0 Å². The molecule has 2 N–H and O–H groups in total. The van der Waals surface area contributed by atoms with E-state index in [4.69, 9.17) is 9.47 Å². The number of benzene rings is 4. The fourth-order valence-corrected chi connectivity index (χ4v) is 5.31.